The van der Waals surface area contributed by atoms with E-state index in [4.69, 9.17) is 15.2 Å². The third kappa shape index (κ3) is 3.50. The van der Waals surface area contributed by atoms with Crippen LogP contribution < -0.4 is 15.2 Å². The molecule has 0 fully saturated rings. The van der Waals surface area contributed by atoms with Gasteiger partial charge in [-0.25, -0.2) is 8.78 Å². The van der Waals surface area contributed by atoms with Crippen molar-refractivity contribution >= 4 is 12.4 Å². The number of halogens is 3. The van der Waals surface area contributed by atoms with Gasteiger partial charge in [0.05, 0.1) is 20.3 Å². The third-order valence-corrected chi connectivity index (χ3v) is 2.03. The molecule has 0 unspecified atom stereocenters. The van der Waals surface area contributed by atoms with Crippen LogP contribution in [-0.4, -0.2) is 20.6 Å². The minimum atomic E-state index is -2.61. The maximum absolute atomic E-state index is 12.4. The summed E-state index contributed by atoms with van der Waals surface area (Å²) in [6, 6.07) is 3.22. The minimum Gasteiger partial charge on any atom is -0.497 e. The smallest absolute Gasteiger partial charge is 0.257 e. The zero-order chi connectivity index (χ0) is 11.4. The number of ether oxygens (including phenoxy) is 2. The molecule has 3 nitrogen and oxygen atoms in total. The molecule has 1 rings (SSSR count). The number of rotatable bonds is 4. The maximum Gasteiger partial charge on any atom is 0.257 e. The Morgan fingerprint density at radius 3 is 1.81 bits per heavy atom. The molecule has 0 heterocycles. The van der Waals surface area contributed by atoms with Crippen LogP contribution >= 0.6 is 12.4 Å². The van der Waals surface area contributed by atoms with Gasteiger partial charge in [0.1, 0.15) is 11.5 Å². The van der Waals surface area contributed by atoms with Crippen LogP contribution in [0.15, 0.2) is 18.2 Å². The number of benzene rings is 1. The van der Waals surface area contributed by atoms with Crippen LogP contribution in [0.3, 0.4) is 0 Å². The largest absolute Gasteiger partial charge is 0.497 e. The first-order valence-corrected chi connectivity index (χ1v) is 4.35. The summed E-state index contributed by atoms with van der Waals surface area (Å²) in [6.45, 7) is 0. The van der Waals surface area contributed by atoms with E-state index in [1.807, 2.05) is 0 Å². The van der Waals surface area contributed by atoms with Crippen LogP contribution in [0.2, 0.25) is 0 Å². The molecular weight excluding hydrogens is 240 g/mol. The normalized spacial score (nSPS) is 11.9. The van der Waals surface area contributed by atoms with Gasteiger partial charge in [0, 0.05) is 6.07 Å². The summed E-state index contributed by atoms with van der Waals surface area (Å²) in [6.07, 6.45) is -2.61. The Hall–Kier alpha value is -1.07. The lowest BCUT2D eigenvalue weighted by Crippen LogP contribution is -2.18. The predicted molar refractivity (Wildman–Crippen MR) is 59.7 cm³/mol. The fraction of sp³-hybridized carbons (Fsp3) is 0.400. The van der Waals surface area contributed by atoms with E-state index in [1.165, 1.54) is 26.4 Å². The fourth-order valence-electron chi connectivity index (χ4n) is 1.17. The molecule has 1 aromatic rings. The van der Waals surface area contributed by atoms with Crippen molar-refractivity contribution in [2.75, 3.05) is 14.2 Å². The van der Waals surface area contributed by atoms with Crippen molar-refractivity contribution in [1.29, 1.82) is 0 Å². The number of methoxy groups -OCH3 is 2. The standard InChI is InChI=1S/C10H13F2NO2.ClH/c1-14-7-3-6(9(13)10(11)12)4-8(5-7)15-2;/h3-5,9-10H,13H2,1-2H3;1H/t9-;/m1./s1. The molecule has 0 aliphatic rings. The lowest BCUT2D eigenvalue weighted by atomic mass is 10.1. The number of alkyl halides is 2. The van der Waals surface area contributed by atoms with Gasteiger partial charge >= 0.3 is 0 Å². The highest BCUT2D eigenvalue weighted by molar-refractivity contribution is 5.85. The Morgan fingerprint density at radius 2 is 1.50 bits per heavy atom. The van der Waals surface area contributed by atoms with Crippen LogP contribution in [0, 0.1) is 0 Å². The van der Waals surface area contributed by atoms with Gasteiger partial charge in [-0.15, -0.1) is 12.4 Å². The van der Waals surface area contributed by atoms with E-state index < -0.39 is 12.5 Å². The molecule has 0 radical (unpaired) electrons. The maximum atomic E-state index is 12.4. The lowest BCUT2D eigenvalue weighted by molar-refractivity contribution is 0.116. The summed E-state index contributed by atoms with van der Waals surface area (Å²) >= 11 is 0. The number of hydrogen-bond acceptors (Lipinski definition) is 3. The van der Waals surface area contributed by atoms with Crippen molar-refractivity contribution in [2.45, 2.75) is 12.5 Å². The summed E-state index contributed by atoms with van der Waals surface area (Å²) in [5, 5.41) is 0. The predicted octanol–water partition coefficient (Wildman–Crippen LogP) is 2.39. The molecule has 1 atom stereocenters. The zero-order valence-electron chi connectivity index (χ0n) is 8.94. The van der Waals surface area contributed by atoms with E-state index in [0.29, 0.717) is 17.1 Å². The Balaban J connectivity index is 0.00000225. The monoisotopic (exact) mass is 253 g/mol. The van der Waals surface area contributed by atoms with Gasteiger partial charge in [-0.3, -0.25) is 0 Å². The van der Waals surface area contributed by atoms with Crippen molar-refractivity contribution < 1.29 is 18.3 Å². The fourth-order valence-corrected chi connectivity index (χ4v) is 1.17. The molecule has 0 saturated heterocycles. The molecule has 16 heavy (non-hydrogen) atoms. The molecule has 1 aromatic carbocycles. The van der Waals surface area contributed by atoms with E-state index >= 15 is 0 Å². The first-order chi connectivity index (χ1) is 7.08. The third-order valence-electron chi connectivity index (χ3n) is 2.03. The first-order valence-electron chi connectivity index (χ1n) is 4.35. The highest BCUT2D eigenvalue weighted by Gasteiger charge is 2.18. The molecule has 0 spiro atoms. The van der Waals surface area contributed by atoms with Crippen LogP contribution in [0.25, 0.3) is 0 Å². The Morgan fingerprint density at radius 1 is 1.06 bits per heavy atom. The summed E-state index contributed by atoms with van der Waals surface area (Å²) in [4.78, 5) is 0. The van der Waals surface area contributed by atoms with Crippen LogP contribution in [-0.2, 0) is 0 Å². The molecule has 92 valence electrons. The molecule has 0 bridgehead atoms. The van der Waals surface area contributed by atoms with Crippen molar-refractivity contribution in [3.63, 3.8) is 0 Å². The van der Waals surface area contributed by atoms with Gasteiger partial charge in [0.2, 0.25) is 0 Å². The average molecular weight is 254 g/mol. The number of nitrogens with two attached hydrogens (primary N) is 1. The number of hydrogen-bond donors (Lipinski definition) is 1. The molecule has 0 aliphatic carbocycles. The molecule has 0 saturated carbocycles. The Labute approximate surface area is 98.9 Å². The second-order valence-electron chi connectivity index (χ2n) is 3.01. The van der Waals surface area contributed by atoms with Gasteiger partial charge in [-0.2, -0.15) is 0 Å². The Bertz CT molecular complexity index is 314. The van der Waals surface area contributed by atoms with Gasteiger partial charge in [-0.1, -0.05) is 0 Å². The summed E-state index contributed by atoms with van der Waals surface area (Å²) < 4.78 is 34.7. The van der Waals surface area contributed by atoms with Crippen molar-refractivity contribution in [3.05, 3.63) is 23.8 Å². The molecule has 0 aliphatic heterocycles. The molecule has 2 N–H and O–H groups in total. The molecule has 6 heteroatoms. The van der Waals surface area contributed by atoms with Gasteiger partial charge < -0.3 is 15.2 Å². The first kappa shape index (κ1) is 14.9. The topological polar surface area (TPSA) is 44.5 Å². The van der Waals surface area contributed by atoms with E-state index in [-0.39, 0.29) is 12.4 Å². The summed E-state index contributed by atoms with van der Waals surface area (Å²) in [7, 11) is 2.90. The van der Waals surface area contributed by atoms with Gasteiger partial charge in [0.15, 0.2) is 0 Å². The highest BCUT2D eigenvalue weighted by atomic mass is 35.5. The highest BCUT2D eigenvalue weighted by Crippen LogP contribution is 2.27. The second kappa shape index (κ2) is 6.50. The summed E-state index contributed by atoms with van der Waals surface area (Å²) in [5.74, 6) is 0.890. The van der Waals surface area contributed by atoms with E-state index in [2.05, 4.69) is 0 Å². The molecule has 0 aromatic heterocycles. The van der Waals surface area contributed by atoms with E-state index in [9.17, 15) is 8.78 Å². The van der Waals surface area contributed by atoms with Crippen molar-refractivity contribution in [1.82, 2.24) is 0 Å². The van der Waals surface area contributed by atoms with Crippen molar-refractivity contribution in [3.8, 4) is 11.5 Å². The van der Waals surface area contributed by atoms with Gasteiger partial charge in [0.25, 0.3) is 6.43 Å². The quantitative estimate of drug-likeness (QED) is 0.896. The van der Waals surface area contributed by atoms with Gasteiger partial charge in [-0.05, 0) is 17.7 Å². The zero-order valence-corrected chi connectivity index (χ0v) is 9.76. The Kier molecular flexibility index (Phi) is 6.06. The van der Waals surface area contributed by atoms with Crippen molar-refractivity contribution in [2.24, 2.45) is 5.73 Å². The minimum absolute atomic E-state index is 0. The lowest BCUT2D eigenvalue weighted by Gasteiger charge is -2.13. The van der Waals surface area contributed by atoms with Crippen LogP contribution in [0.1, 0.15) is 11.6 Å². The summed E-state index contributed by atoms with van der Waals surface area (Å²) in [5.41, 5.74) is 5.62. The second-order valence-corrected chi connectivity index (χ2v) is 3.01. The van der Waals surface area contributed by atoms with Crippen LogP contribution in [0.5, 0.6) is 11.5 Å². The average Bonchev–Trinajstić information content (AvgIpc) is 2.27. The molecule has 0 amide bonds. The van der Waals surface area contributed by atoms with E-state index in [0.717, 1.165) is 0 Å². The SMILES string of the molecule is COc1cc(OC)cc([C@@H](N)C(F)F)c1.Cl. The molecular formula is C10H14ClF2NO2. The van der Waals surface area contributed by atoms with Crippen LogP contribution in [0.4, 0.5) is 8.78 Å². The van der Waals surface area contributed by atoms with E-state index in [1.54, 1.807) is 6.07 Å².